The molecule has 0 spiro atoms. The van der Waals surface area contributed by atoms with Gasteiger partial charge in [-0.1, -0.05) is 41.9 Å². The van der Waals surface area contributed by atoms with Gasteiger partial charge in [0.05, 0.1) is 17.9 Å². The smallest absolute Gasteiger partial charge is 0.238 e. The first-order chi connectivity index (χ1) is 16.2. The molecule has 8 nitrogen and oxygen atoms in total. The lowest BCUT2D eigenvalue weighted by Crippen LogP contribution is -2.13. The normalized spacial score (nSPS) is 16.4. The summed E-state index contributed by atoms with van der Waals surface area (Å²) in [4.78, 5) is 9.57. The second-order valence-electron chi connectivity index (χ2n) is 7.91. The topological polar surface area (TPSA) is 79.3 Å². The van der Waals surface area contributed by atoms with E-state index in [2.05, 4.69) is 31.5 Å². The van der Waals surface area contributed by atoms with E-state index in [1.807, 2.05) is 43.3 Å². The fourth-order valence-electron chi connectivity index (χ4n) is 4.31. The highest BCUT2D eigenvalue weighted by Gasteiger charge is 2.30. The zero-order valence-corrected chi connectivity index (χ0v) is 18.7. The summed E-state index contributed by atoms with van der Waals surface area (Å²) in [5.74, 6) is 2.04. The Balaban J connectivity index is 1.47. The molecule has 0 saturated carbocycles. The van der Waals surface area contributed by atoms with Crippen LogP contribution in [0.4, 0.5) is 0 Å². The minimum atomic E-state index is -0.0468. The quantitative estimate of drug-likeness (QED) is 0.392. The number of rotatable bonds is 5. The van der Waals surface area contributed by atoms with Gasteiger partial charge in [0.2, 0.25) is 5.90 Å². The Labute approximate surface area is 195 Å². The van der Waals surface area contributed by atoms with Gasteiger partial charge in [0, 0.05) is 17.2 Å². The SMILES string of the molecule is CCOCc1nnc2n1Cc1c(C3=NC(c4ccccc4)CO3)ncn1-c1ccc(Cl)cc1-2. The summed E-state index contributed by atoms with van der Waals surface area (Å²) in [6.07, 6.45) is 1.81. The van der Waals surface area contributed by atoms with E-state index >= 15 is 0 Å². The van der Waals surface area contributed by atoms with Crippen molar-refractivity contribution in [3.8, 4) is 17.1 Å². The molecule has 9 heteroatoms. The fourth-order valence-corrected chi connectivity index (χ4v) is 4.48. The first-order valence-electron chi connectivity index (χ1n) is 10.8. The van der Waals surface area contributed by atoms with Crippen LogP contribution in [0, 0.1) is 0 Å². The number of aliphatic imine (C=N–C) groups is 1. The lowest BCUT2D eigenvalue weighted by atomic mass is 10.1. The van der Waals surface area contributed by atoms with E-state index < -0.39 is 0 Å². The minimum Gasteiger partial charge on any atom is -0.474 e. The zero-order chi connectivity index (χ0) is 22.4. The molecule has 33 heavy (non-hydrogen) atoms. The van der Waals surface area contributed by atoms with Crippen LogP contribution in [0.2, 0.25) is 5.02 Å². The number of ether oxygens (including phenoxy) is 2. The number of fused-ring (bicyclic) bond motifs is 5. The average molecular weight is 461 g/mol. The molecule has 2 aliphatic rings. The van der Waals surface area contributed by atoms with Crippen LogP contribution in [0.1, 0.15) is 35.7 Å². The van der Waals surface area contributed by atoms with Gasteiger partial charge in [0.1, 0.15) is 31.3 Å². The molecule has 2 aromatic carbocycles. The molecule has 0 amide bonds. The molecule has 0 fully saturated rings. The van der Waals surface area contributed by atoms with Crippen molar-refractivity contribution in [3.63, 3.8) is 0 Å². The molecule has 0 saturated heterocycles. The Morgan fingerprint density at radius 1 is 1.15 bits per heavy atom. The van der Waals surface area contributed by atoms with E-state index in [1.165, 1.54) is 0 Å². The third kappa shape index (κ3) is 3.42. The summed E-state index contributed by atoms with van der Waals surface area (Å²) in [6.45, 7) is 3.92. The highest BCUT2D eigenvalue weighted by molar-refractivity contribution is 6.31. The third-order valence-corrected chi connectivity index (χ3v) is 6.17. The van der Waals surface area contributed by atoms with Crippen LogP contribution in [0.5, 0.6) is 0 Å². The summed E-state index contributed by atoms with van der Waals surface area (Å²) < 4.78 is 15.8. The fraction of sp³-hybridized carbons (Fsp3) is 0.250. The van der Waals surface area contributed by atoms with Crippen molar-refractivity contribution in [1.82, 2.24) is 24.3 Å². The number of imidazole rings is 1. The monoisotopic (exact) mass is 460 g/mol. The maximum atomic E-state index is 6.35. The van der Waals surface area contributed by atoms with E-state index in [-0.39, 0.29) is 6.04 Å². The number of hydrogen-bond acceptors (Lipinski definition) is 6. The first kappa shape index (κ1) is 20.1. The van der Waals surface area contributed by atoms with Gasteiger partial charge in [-0.15, -0.1) is 10.2 Å². The largest absolute Gasteiger partial charge is 0.474 e. The summed E-state index contributed by atoms with van der Waals surface area (Å²) in [5.41, 5.74) is 4.61. The molecule has 0 radical (unpaired) electrons. The summed E-state index contributed by atoms with van der Waals surface area (Å²) >= 11 is 6.35. The van der Waals surface area contributed by atoms with E-state index in [4.69, 9.17) is 31.1 Å². The number of hydrogen-bond donors (Lipinski definition) is 0. The van der Waals surface area contributed by atoms with Crippen molar-refractivity contribution in [2.24, 2.45) is 4.99 Å². The summed E-state index contributed by atoms with van der Waals surface area (Å²) in [6, 6.07) is 15.9. The van der Waals surface area contributed by atoms with E-state index in [0.717, 1.165) is 39.9 Å². The molecule has 2 aromatic heterocycles. The van der Waals surface area contributed by atoms with Gasteiger partial charge in [-0.05, 0) is 30.7 Å². The van der Waals surface area contributed by atoms with Crippen molar-refractivity contribution in [2.45, 2.75) is 26.1 Å². The maximum absolute atomic E-state index is 6.35. The molecule has 1 unspecified atom stereocenters. The first-order valence-corrected chi connectivity index (χ1v) is 11.2. The number of benzene rings is 2. The van der Waals surface area contributed by atoms with Crippen molar-refractivity contribution in [3.05, 3.63) is 82.7 Å². The van der Waals surface area contributed by atoms with Crippen LogP contribution < -0.4 is 0 Å². The Bertz CT molecular complexity index is 1360. The van der Waals surface area contributed by atoms with Crippen molar-refractivity contribution < 1.29 is 9.47 Å². The van der Waals surface area contributed by atoms with Crippen molar-refractivity contribution >= 4 is 17.5 Å². The van der Waals surface area contributed by atoms with Gasteiger partial charge in [-0.2, -0.15) is 0 Å². The molecule has 4 aromatic rings. The minimum absolute atomic E-state index is 0.0468. The Kier molecular flexibility index (Phi) is 4.96. The van der Waals surface area contributed by atoms with Gasteiger partial charge in [0.25, 0.3) is 0 Å². The van der Waals surface area contributed by atoms with Gasteiger partial charge < -0.3 is 14.0 Å². The Morgan fingerprint density at radius 3 is 2.88 bits per heavy atom. The molecule has 6 rings (SSSR count). The number of aromatic nitrogens is 5. The van der Waals surface area contributed by atoms with Gasteiger partial charge >= 0.3 is 0 Å². The molecule has 1 atom stereocenters. The van der Waals surface area contributed by atoms with Gasteiger partial charge in [-0.25, -0.2) is 9.98 Å². The average Bonchev–Trinajstić information content (AvgIpc) is 3.56. The molecular weight excluding hydrogens is 440 g/mol. The molecule has 2 aliphatic heterocycles. The van der Waals surface area contributed by atoms with Crippen LogP contribution in [0.15, 0.2) is 59.9 Å². The van der Waals surface area contributed by atoms with E-state index in [0.29, 0.717) is 37.3 Å². The second kappa shape index (κ2) is 8.13. The number of halogens is 1. The van der Waals surface area contributed by atoms with E-state index in [1.54, 1.807) is 6.33 Å². The summed E-state index contributed by atoms with van der Waals surface area (Å²) in [7, 11) is 0. The van der Waals surface area contributed by atoms with Crippen LogP contribution in [-0.2, 0) is 22.6 Å². The maximum Gasteiger partial charge on any atom is 0.238 e. The third-order valence-electron chi connectivity index (χ3n) is 5.93. The zero-order valence-electron chi connectivity index (χ0n) is 18.0. The summed E-state index contributed by atoms with van der Waals surface area (Å²) in [5, 5.41) is 9.50. The van der Waals surface area contributed by atoms with Gasteiger partial charge in [0.15, 0.2) is 11.6 Å². The Hall–Kier alpha value is -3.49. The van der Waals surface area contributed by atoms with Crippen LogP contribution in [0.3, 0.4) is 0 Å². The standard InChI is InChI=1S/C24H21ClN6O2/c1-2-32-13-21-28-29-23-17-10-16(25)8-9-19(17)31-14-26-22(20(31)11-30(21)23)24-27-18(12-33-24)15-6-4-3-5-7-15/h3-10,14,18H,2,11-13H2,1H3. The molecule has 4 heterocycles. The van der Waals surface area contributed by atoms with E-state index in [9.17, 15) is 0 Å². The lowest BCUT2D eigenvalue weighted by Gasteiger charge is -2.09. The predicted octanol–water partition coefficient (Wildman–Crippen LogP) is 4.20. The molecule has 0 N–H and O–H groups in total. The lowest BCUT2D eigenvalue weighted by molar-refractivity contribution is 0.125. The molecular formula is C24H21ClN6O2. The molecule has 0 bridgehead atoms. The van der Waals surface area contributed by atoms with Crippen LogP contribution in [-0.4, -0.2) is 43.4 Å². The van der Waals surface area contributed by atoms with Crippen molar-refractivity contribution in [1.29, 1.82) is 0 Å². The molecule has 166 valence electrons. The predicted molar refractivity (Wildman–Crippen MR) is 124 cm³/mol. The highest BCUT2D eigenvalue weighted by atomic mass is 35.5. The second-order valence-corrected chi connectivity index (χ2v) is 8.34. The van der Waals surface area contributed by atoms with Crippen molar-refractivity contribution in [2.75, 3.05) is 13.2 Å². The highest BCUT2D eigenvalue weighted by Crippen LogP contribution is 2.35. The molecule has 0 aliphatic carbocycles. The number of nitrogens with zero attached hydrogens (tertiary/aromatic N) is 6. The van der Waals surface area contributed by atoms with Crippen LogP contribution in [0.25, 0.3) is 17.1 Å². The Morgan fingerprint density at radius 2 is 2.03 bits per heavy atom. The van der Waals surface area contributed by atoms with Gasteiger partial charge in [-0.3, -0.25) is 4.57 Å². The van der Waals surface area contributed by atoms with Crippen LogP contribution >= 0.6 is 11.6 Å².